The largest absolute Gasteiger partial charge is 0.313 e. The molecule has 3 N–H and O–H groups in total. The van der Waals surface area contributed by atoms with Gasteiger partial charge in [0, 0.05) is 30.7 Å². The van der Waals surface area contributed by atoms with Crippen LogP contribution >= 0.6 is 11.5 Å². The number of nitrogens with two attached hydrogens (primary N) is 1. The predicted molar refractivity (Wildman–Crippen MR) is 75.2 cm³/mol. The molecule has 1 heterocycles. The van der Waals surface area contributed by atoms with Gasteiger partial charge in [-0.05, 0) is 18.8 Å². The molecule has 1 saturated carbocycles. The van der Waals surface area contributed by atoms with Crippen molar-refractivity contribution in [2.45, 2.75) is 52.1 Å². The normalized spacial score (nSPS) is 16.9. The lowest BCUT2D eigenvalue weighted by Gasteiger charge is -2.29. The zero-order valence-corrected chi connectivity index (χ0v) is 12.0. The number of nitrogens with one attached hydrogen (secondary N) is 1. The molecule has 1 fully saturated rings. The number of hydrazine groups is 1. The van der Waals surface area contributed by atoms with Gasteiger partial charge in [0.05, 0.1) is 0 Å². The van der Waals surface area contributed by atoms with Gasteiger partial charge in [-0.3, -0.25) is 4.90 Å². The summed E-state index contributed by atoms with van der Waals surface area (Å²) in [6, 6.07) is 0.708. The van der Waals surface area contributed by atoms with Crippen LogP contribution in [0.25, 0.3) is 0 Å². The van der Waals surface area contributed by atoms with E-state index in [-0.39, 0.29) is 0 Å². The first-order valence-electron chi connectivity index (χ1n) is 6.72. The molecule has 102 valence electrons. The molecule has 2 rings (SSSR count). The average molecular weight is 269 g/mol. The van der Waals surface area contributed by atoms with E-state index in [0.29, 0.717) is 12.0 Å². The van der Waals surface area contributed by atoms with Gasteiger partial charge in [-0.1, -0.05) is 31.2 Å². The van der Waals surface area contributed by atoms with Crippen LogP contribution in [0, 0.1) is 5.92 Å². The van der Waals surface area contributed by atoms with Gasteiger partial charge in [0.25, 0.3) is 0 Å². The molecule has 0 saturated heterocycles. The molecule has 0 bridgehead atoms. The summed E-state index contributed by atoms with van der Waals surface area (Å²) in [4.78, 5) is 2.55. The number of nitrogens with zero attached hydrogens (tertiary/aromatic N) is 3. The highest BCUT2D eigenvalue weighted by atomic mass is 32.1. The lowest BCUT2D eigenvalue weighted by molar-refractivity contribution is 0.167. The summed E-state index contributed by atoms with van der Waals surface area (Å²) in [7, 11) is 0. The maximum atomic E-state index is 5.49. The summed E-state index contributed by atoms with van der Waals surface area (Å²) in [5.74, 6) is 6.16. The van der Waals surface area contributed by atoms with Crippen molar-refractivity contribution >= 4 is 16.5 Å². The maximum Gasteiger partial charge on any atom is 0.148 e. The molecular weight excluding hydrogens is 246 g/mol. The van der Waals surface area contributed by atoms with Crippen LogP contribution < -0.4 is 11.3 Å². The molecule has 1 aliphatic rings. The van der Waals surface area contributed by atoms with E-state index in [0.717, 1.165) is 23.8 Å². The Bertz CT molecular complexity index is 359. The number of hydrogen-bond acceptors (Lipinski definition) is 6. The van der Waals surface area contributed by atoms with Crippen molar-refractivity contribution < 1.29 is 0 Å². The number of hydrogen-bond donors (Lipinski definition) is 2. The van der Waals surface area contributed by atoms with Crippen LogP contribution in [0.1, 0.15) is 45.2 Å². The van der Waals surface area contributed by atoms with E-state index >= 15 is 0 Å². The quantitative estimate of drug-likeness (QED) is 0.612. The van der Waals surface area contributed by atoms with Crippen LogP contribution in [0.2, 0.25) is 0 Å². The van der Waals surface area contributed by atoms with Crippen molar-refractivity contribution in [2.24, 2.45) is 11.8 Å². The van der Waals surface area contributed by atoms with Crippen LogP contribution in [-0.2, 0) is 6.54 Å². The number of nitrogen functional groups attached to an aromatic ring is 1. The minimum Gasteiger partial charge on any atom is -0.313 e. The van der Waals surface area contributed by atoms with Crippen molar-refractivity contribution in [3.05, 3.63) is 5.69 Å². The molecule has 1 aromatic heterocycles. The Balaban J connectivity index is 2.04. The molecule has 6 heteroatoms. The summed E-state index contributed by atoms with van der Waals surface area (Å²) in [6.07, 6.45) is 5.35. The van der Waals surface area contributed by atoms with Crippen LogP contribution in [0.4, 0.5) is 5.00 Å². The molecule has 0 aliphatic heterocycles. The minimum absolute atomic E-state index is 0.673. The van der Waals surface area contributed by atoms with Gasteiger partial charge in [-0.25, -0.2) is 5.84 Å². The van der Waals surface area contributed by atoms with Crippen molar-refractivity contribution in [1.29, 1.82) is 0 Å². The van der Waals surface area contributed by atoms with Gasteiger partial charge in [0.15, 0.2) is 0 Å². The summed E-state index contributed by atoms with van der Waals surface area (Å²) in [5.41, 5.74) is 3.67. The summed E-state index contributed by atoms with van der Waals surface area (Å²) in [6.45, 7) is 6.51. The lowest BCUT2D eigenvalue weighted by Crippen LogP contribution is -2.36. The zero-order chi connectivity index (χ0) is 13.0. The summed E-state index contributed by atoms with van der Waals surface area (Å²) < 4.78 is 3.97. The molecule has 0 amide bonds. The second-order valence-corrected chi connectivity index (χ2v) is 6.21. The lowest BCUT2D eigenvalue weighted by atomic mass is 10.1. The smallest absolute Gasteiger partial charge is 0.148 e. The van der Waals surface area contributed by atoms with Crippen molar-refractivity contribution in [1.82, 2.24) is 14.5 Å². The molecule has 0 spiro atoms. The highest BCUT2D eigenvalue weighted by Gasteiger charge is 2.24. The minimum atomic E-state index is 0.673. The Morgan fingerprint density at radius 3 is 2.78 bits per heavy atom. The second kappa shape index (κ2) is 6.45. The monoisotopic (exact) mass is 269 g/mol. The fourth-order valence-electron chi connectivity index (χ4n) is 2.70. The highest BCUT2D eigenvalue weighted by Crippen LogP contribution is 2.27. The third-order valence-electron chi connectivity index (χ3n) is 3.48. The second-order valence-electron chi connectivity index (χ2n) is 5.45. The molecule has 0 radical (unpaired) electrons. The van der Waals surface area contributed by atoms with Gasteiger partial charge in [-0.2, -0.15) is 0 Å². The fraction of sp³-hybridized carbons (Fsp3) is 0.833. The molecule has 0 unspecified atom stereocenters. The molecule has 1 aromatic rings. The molecule has 1 aliphatic carbocycles. The number of anilines is 1. The number of rotatable bonds is 6. The first-order valence-corrected chi connectivity index (χ1v) is 7.50. The van der Waals surface area contributed by atoms with Crippen LogP contribution in [-0.4, -0.2) is 27.1 Å². The molecule has 0 atom stereocenters. The third-order valence-corrected chi connectivity index (χ3v) is 4.18. The SMILES string of the molecule is CC(C)CN(Cc1nnsc1NN)C1CCCC1. The van der Waals surface area contributed by atoms with E-state index in [4.69, 9.17) is 5.84 Å². The van der Waals surface area contributed by atoms with E-state index in [1.54, 1.807) is 0 Å². The molecular formula is C12H23N5S. The molecule has 18 heavy (non-hydrogen) atoms. The Kier molecular flexibility index (Phi) is 4.91. The van der Waals surface area contributed by atoms with Gasteiger partial charge < -0.3 is 5.43 Å². The van der Waals surface area contributed by atoms with E-state index in [9.17, 15) is 0 Å². The van der Waals surface area contributed by atoms with Gasteiger partial charge in [-0.15, -0.1) is 5.10 Å². The summed E-state index contributed by atoms with van der Waals surface area (Å²) >= 11 is 1.33. The van der Waals surface area contributed by atoms with Gasteiger partial charge in [0.2, 0.25) is 0 Å². The first-order chi connectivity index (χ1) is 8.70. The zero-order valence-electron chi connectivity index (χ0n) is 11.2. The van der Waals surface area contributed by atoms with Gasteiger partial charge >= 0.3 is 0 Å². The summed E-state index contributed by atoms with van der Waals surface area (Å²) in [5, 5.41) is 5.08. The Hall–Kier alpha value is -0.720. The van der Waals surface area contributed by atoms with E-state index in [1.807, 2.05) is 0 Å². The Labute approximate surface area is 113 Å². The maximum absolute atomic E-state index is 5.49. The van der Waals surface area contributed by atoms with E-state index in [2.05, 4.69) is 33.8 Å². The van der Waals surface area contributed by atoms with Crippen molar-refractivity contribution in [3.8, 4) is 0 Å². The standard InChI is InChI=1S/C12H23N5S/c1-9(2)7-17(10-5-3-4-6-10)8-11-12(14-13)18-16-15-11/h9-10,14H,3-8,13H2,1-2H3. The van der Waals surface area contributed by atoms with Crippen LogP contribution in [0.15, 0.2) is 0 Å². The van der Waals surface area contributed by atoms with Crippen LogP contribution in [0.3, 0.4) is 0 Å². The molecule has 0 aromatic carbocycles. The average Bonchev–Trinajstić information content (AvgIpc) is 2.98. The van der Waals surface area contributed by atoms with E-state index in [1.165, 1.54) is 37.2 Å². The Morgan fingerprint density at radius 2 is 2.17 bits per heavy atom. The fourth-order valence-corrected chi connectivity index (χ4v) is 3.18. The highest BCUT2D eigenvalue weighted by molar-refractivity contribution is 7.10. The number of aromatic nitrogens is 2. The first kappa shape index (κ1) is 13.7. The van der Waals surface area contributed by atoms with Gasteiger partial charge in [0.1, 0.15) is 10.7 Å². The van der Waals surface area contributed by atoms with Crippen molar-refractivity contribution in [3.63, 3.8) is 0 Å². The van der Waals surface area contributed by atoms with Crippen LogP contribution in [0.5, 0.6) is 0 Å². The Morgan fingerprint density at radius 1 is 1.44 bits per heavy atom. The molecule has 5 nitrogen and oxygen atoms in total. The predicted octanol–water partition coefficient (Wildman–Crippen LogP) is 2.22. The topological polar surface area (TPSA) is 67.1 Å². The van der Waals surface area contributed by atoms with E-state index < -0.39 is 0 Å². The van der Waals surface area contributed by atoms with Crippen molar-refractivity contribution in [2.75, 3.05) is 12.0 Å². The third kappa shape index (κ3) is 3.40.